The SMILES string of the molecule is CCc1ccc(C(F)(F)F)c(SCc2c(C3CC3)cccc2N(C)N)c1. The van der Waals surface area contributed by atoms with Crippen LogP contribution < -0.4 is 10.9 Å². The zero-order valence-electron chi connectivity index (χ0n) is 14.9. The number of alkyl halides is 3. The normalized spacial score (nSPS) is 14.5. The Morgan fingerprint density at radius 2 is 1.92 bits per heavy atom. The summed E-state index contributed by atoms with van der Waals surface area (Å²) in [6, 6.07) is 10.4. The van der Waals surface area contributed by atoms with Crippen molar-refractivity contribution < 1.29 is 13.2 Å². The predicted octanol–water partition coefficient (Wildman–Crippen LogP) is 5.75. The van der Waals surface area contributed by atoms with Gasteiger partial charge in [0.2, 0.25) is 0 Å². The number of thioether (sulfide) groups is 1. The fourth-order valence-electron chi connectivity index (χ4n) is 3.15. The van der Waals surface area contributed by atoms with Crippen LogP contribution in [0.4, 0.5) is 18.9 Å². The molecule has 0 unspecified atom stereocenters. The second-order valence-corrected chi connectivity index (χ2v) is 7.72. The van der Waals surface area contributed by atoms with Gasteiger partial charge in [0.05, 0.1) is 11.3 Å². The molecular weight excluding hydrogens is 357 g/mol. The average Bonchev–Trinajstić information content (AvgIpc) is 3.43. The van der Waals surface area contributed by atoms with Gasteiger partial charge in [-0.2, -0.15) is 13.2 Å². The summed E-state index contributed by atoms with van der Waals surface area (Å²) in [7, 11) is 1.76. The van der Waals surface area contributed by atoms with Crippen molar-refractivity contribution in [3.63, 3.8) is 0 Å². The molecule has 1 aliphatic carbocycles. The molecule has 0 aromatic heterocycles. The standard InChI is InChI=1S/C20H23F3N2S/c1-3-13-7-10-17(20(21,22)23)19(11-13)26-12-16-15(14-8-9-14)5-4-6-18(16)25(2)24/h4-7,10-11,14H,3,8-9,12,24H2,1-2H3. The maximum atomic E-state index is 13.4. The van der Waals surface area contributed by atoms with Crippen LogP contribution in [-0.4, -0.2) is 7.05 Å². The Morgan fingerprint density at radius 3 is 2.50 bits per heavy atom. The van der Waals surface area contributed by atoms with Crippen molar-refractivity contribution in [1.29, 1.82) is 0 Å². The van der Waals surface area contributed by atoms with Gasteiger partial charge in [0.15, 0.2) is 0 Å². The van der Waals surface area contributed by atoms with Crippen LogP contribution in [0.25, 0.3) is 0 Å². The Labute approximate surface area is 156 Å². The smallest absolute Gasteiger partial charge is 0.314 e. The van der Waals surface area contributed by atoms with E-state index in [1.54, 1.807) is 24.2 Å². The summed E-state index contributed by atoms with van der Waals surface area (Å²) in [4.78, 5) is 0.285. The van der Waals surface area contributed by atoms with E-state index in [9.17, 15) is 13.2 Å². The molecule has 6 heteroatoms. The molecule has 140 valence electrons. The molecule has 0 spiro atoms. The van der Waals surface area contributed by atoms with Gasteiger partial charge in [-0.05, 0) is 60.1 Å². The van der Waals surface area contributed by atoms with Gasteiger partial charge < -0.3 is 5.01 Å². The van der Waals surface area contributed by atoms with E-state index in [4.69, 9.17) is 5.84 Å². The zero-order chi connectivity index (χ0) is 18.9. The van der Waals surface area contributed by atoms with Gasteiger partial charge in [0, 0.05) is 17.7 Å². The number of nitrogens with two attached hydrogens (primary N) is 1. The second kappa shape index (κ2) is 7.53. The zero-order valence-corrected chi connectivity index (χ0v) is 15.8. The molecule has 2 N–H and O–H groups in total. The molecule has 0 bridgehead atoms. The minimum absolute atomic E-state index is 0.285. The highest BCUT2D eigenvalue weighted by Gasteiger charge is 2.34. The third-order valence-corrected chi connectivity index (χ3v) is 5.80. The van der Waals surface area contributed by atoms with Crippen molar-refractivity contribution in [3.05, 3.63) is 58.7 Å². The van der Waals surface area contributed by atoms with E-state index >= 15 is 0 Å². The third-order valence-electron chi connectivity index (χ3n) is 4.72. The van der Waals surface area contributed by atoms with Crippen molar-refractivity contribution in [3.8, 4) is 0 Å². The van der Waals surface area contributed by atoms with Gasteiger partial charge in [-0.1, -0.05) is 25.1 Å². The molecule has 1 aliphatic rings. The summed E-state index contributed by atoms with van der Waals surface area (Å²) in [5.41, 5.74) is 3.48. The molecule has 0 radical (unpaired) electrons. The van der Waals surface area contributed by atoms with Gasteiger partial charge in [-0.3, -0.25) is 0 Å². The average molecular weight is 380 g/mol. The van der Waals surface area contributed by atoms with E-state index in [1.165, 1.54) is 23.4 Å². The highest BCUT2D eigenvalue weighted by Crippen LogP contribution is 2.46. The lowest BCUT2D eigenvalue weighted by atomic mass is 10.0. The largest absolute Gasteiger partial charge is 0.417 e. The molecule has 0 saturated heterocycles. The molecule has 0 amide bonds. The first kappa shape index (κ1) is 19.1. The van der Waals surface area contributed by atoms with Crippen molar-refractivity contribution >= 4 is 17.4 Å². The highest BCUT2D eigenvalue weighted by atomic mass is 32.2. The Kier molecular flexibility index (Phi) is 5.53. The Hall–Kier alpha value is -1.66. The number of hydrogen-bond donors (Lipinski definition) is 1. The fourth-order valence-corrected chi connectivity index (χ4v) is 4.34. The van der Waals surface area contributed by atoms with Crippen LogP contribution in [0.5, 0.6) is 0 Å². The van der Waals surface area contributed by atoms with Gasteiger partial charge in [0.1, 0.15) is 0 Å². The maximum absolute atomic E-state index is 13.4. The van der Waals surface area contributed by atoms with E-state index in [2.05, 4.69) is 6.07 Å². The number of hydrogen-bond acceptors (Lipinski definition) is 3. The van der Waals surface area contributed by atoms with Gasteiger partial charge in [0.25, 0.3) is 0 Å². The van der Waals surface area contributed by atoms with E-state index in [0.29, 0.717) is 18.1 Å². The quantitative estimate of drug-likeness (QED) is 0.393. The molecule has 3 rings (SSSR count). The van der Waals surface area contributed by atoms with Crippen LogP contribution in [0, 0.1) is 0 Å². The van der Waals surface area contributed by atoms with Crippen LogP contribution in [0.15, 0.2) is 41.3 Å². The van der Waals surface area contributed by atoms with Gasteiger partial charge >= 0.3 is 6.18 Å². The number of benzene rings is 2. The first-order chi connectivity index (χ1) is 12.3. The lowest BCUT2D eigenvalue weighted by Gasteiger charge is -2.21. The predicted molar refractivity (Wildman–Crippen MR) is 101 cm³/mol. The first-order valence-corrected chi connectivity index (χ1v) is 9.73. The lowest BCUT2D eigenvalue weighted by Crippen LogP contribution is -2.26. The summed E-state index contributed by atoms with van der Waals surface area (Å²) >= 11 is 1.25. The third kappa shape index (κ3) is 4.18. The van der Waals surface area contributed by atoms with Crippen molar-refractivity contribution in [2.75, 3.05) is 12.1 Å². The number of nitrogens with zero attached hydrogens (tertiary/aromatic N) is 1. The molecule has 1 fully saturated rings. The van der Waals surface area contributed by atoms with Crippen molar-refractivity contribution in [2.24, 2.45) is 5.84 Å². The molecule has 26 heavy (non-hydrogen) atoms. The maximum Gasteiger partial charge on any atom is 0.417 e. The van der Waals surface area contributed by atoms with Crippen LogP contribution in [0.3, 0.4) is 0 Å². The van der Waals surface area contributed by atoms with Crippen molar-refractivity contribution in [1.82, 2.24) is 0 Å². The summed E-state index contributed by atoms with van der Waals surface area (Å²) in [5.74, 6) is 6.94. The molecular formula is C20H23F3N2S. The summed E-state index contributed by atoms with van der Waals surface area (Å²) in [6.45, 7) is 1.95. The van der Waals surface area contributed by atoms with Crippen LogP contribution in [0.2, 0.25) is 0 Å². The van der Waals surface area contributed by atoms with Crippen LogP contribution in [0.1, 0.15) is 47.9 Å². The molecule has 0 heterocycles. The number of aryl methyl sites for hydroxylation is 1. The lowest BCUT2D eigenvalue weighted by molar-refractivity contribution is -0.139. The van der Waals surface area contributed by atoms with Crippen molar-refractivity contribution in [2.45, 2.75) is 48.9 Å². The highest BCUT2D eigenvalue weighted by molar-refractivity contribution is 7.98. The van der Waals surface area contributed by atoms with Gasteiger partial charge in [-0.25, -0.2) is 5.84 Å². The Morgan fingerprint density at radius 1 is 1.19 bits per heavy atom. The number of halogens is 3. The van der Waals surface area contributed by atoms with Crippen LogP contribution >= 0.6 is 11.8 Å². The molecule has 0 atom stereocenters. The Bertz CT molecular complexity index is 763. The molecule has 1 saturated carbocycles. The number of hydrazine groups is 1. The minimum atomic E-state index is -4.35. The number of rotatable bonds is 6. The van der Waals surface area contributed by atoms with Crippen LogP contribution in [-0.2, 0) is 18.3 Å². The Balaban J connectivity index is 1.94. The molecule has 2 aromatic rings. The summed E-state index contributed by atoms with van der Waals surface area (Å²) in [5, 5.41) is 1.55. The van der Waals surface area contributed by atoms with E-state index < -0.39 is 11.7 Å². The molecule has 2 aromatic carbocycles. The van der Waals surface area contributed by atoms with E-state index in [1.807, 2.05) is 19.1 Å². The fraction of sp³-hybridized carbons (Fsp3) is 0.400. The van der Waals surface area contributed by atoms with E-state index in [0.717, 1.165) is 29.7 Å². The summed E-state index contributed by atoms with van der Waals surface area (Å²) in [6.07, 6.45) is -1.37. The molecule has 0 aliphatic heterocycles. The van der Waals surface area contributed by atoms with E-state index in [-0.39, 0.29) is 4.90 Å². The monoisotopic (exact) mass is 380 g/mol. The van der Waals surface area contributed by atoms with Gasteiger partial charge in [-0.15, -0.1) is 11.8 Å². The minimum Gasteiger partial charge on any atom is -0.314 e. The summed E-state index contributed by atoms with van der Waals surface area (Å²) < 4.78 is 40.2. The molecule has 2 nitrogen and oxygen atoms in total. The topological polar surface area (TPSA) is 29.3 Å². The first-order valence-electron chi connectivity index (χ1n) is 8.74. The second-order valence-electron chi connectivity index (χ2n) is 6.70. The number of anilines is 1.